The second-order valence-electron chi connectivity index (χ2n) is 5.08. The van der Waals surface area contributed by atoms with Crippen LogP contribution < -0.4 is 14.4 Å². The van der Waals surface area contributed by atoms with Crippen molar-refractivity contribution < 1.29 is 14.3 Å². The molecular weight excluding hydrogens is 302 g/mol. The number of ether oxygens (including phenoxy) is 2. The van der Waals surface area contributed by atoms with Gasteiger partial charge in [-0.25, -0.2) is 0 Å². The third kappa shape index (κ3) is 2.62. The van der Waals surface area contributed by atoms with Crippen LogP contribution in [-0.4, -0.2) is 26.7 Å². The molecule has 0 radical (unpaired) electrons. The summed E-state index contributed by atoms with van der Waals surface area (Å²) >= 11 is 6.01. The van der Waals surface area contributed by atoms with Gasteiger partial charge in [-0.15, -0.1) is 0 Å². The van der Waals surface area contributed by atoms with Crippen LogP contribution in [0.1, 0.15) is 15.9 Å². The van der Waals surface area contributed by atoms with E-state index in [2.05, 4.69) is 0 Å². The van der Waals surface area contributed by atoms with Crippen molar-refractivity contribution in [2.45, 2.75) is 6.42 Å². The van der Waals surface area contributed by atoms with Crippen LogP contribution in [0, 0.1) is 0 Å². The van der Waals surface area contributed by atoms with Gasteiger partial charge in [0, 0.05) is 28.9 Å². The van der Waals surface area contributed by atoms with Gasteiger partial charge in [0.1, 0.15) is 11.5 Å². The van der Waals surface area contributed by atoms with Gasteiger partial charge < -0.3 is 14.4 Å². The van der Waals surface area contributed by atoms with Crippen LogP contribution in [0.2, 0.25) is 5.02 Å². The van der Waals surface area contributed by atoms with Crippen molar-refractivity contribution in [1.29, 1.82) is 0 Å². The molecule has 1 amide bonds. The van der Waals surface area contributed by atoms with Gasteiger partial charge in [-0.05, 0) is 42.3 Å². The molecule has 22 heavy (non-hydrogen) atoms. The second kappa shape index (κ2) is 5.89. The SMILES string of the molecule is COc1cc(OC)cc(C(=O)N2CCc3cc(Cl)ccc32)c1. The summed E-state index contributed by atoms with van der Waals surface area (Å²) in [6, 6.07) is 10.8. The Morgan fingerprint density at radius 2 is 1.77 bits per heavy atom. The Morgan fingerprint density at radius 1 is 1.09 bits per heavy atom. The number of hydrogen-bond donors (Lipinski definition) is 0. The minimum absolute atomic E-state index is 0.0710. The number of halogens is 1. The van der Waals surface area contributed by atoms with Gasteiger partial charge in [-0.3, -0.25) is 4.79 Å². The second-order valence-corrected chi connectivity index (χ2v) is 5.52. The first-order valence-corrected chi connectivity index (χ1v) is 7.33. The van der Waals surface area contributed by atoms with Crippen LogP contribution >= 0.6 is 11.6 Å². The molecule has 0 atom stereocenters. The minimum atomic E-state index is -0.0710. The first-order chi connectivity index (χ1) is 10.6. The quantitative estimate of drug-likeness (QED) is 0.869. The molecule has 2 aromatic rings. The molecule has 1 heterocycles. The van der Waals surface area contributed by atoms with E-state index >= 15 is 0 Å². The van der Waals surface area contributed by atoms with E-state index in [4.69, 9.17) is 21.1 Å². The highest BCUT2D eigenvalue weighted by atomic mass is 35.5. The molecule has 1 aliphatic heterocycles. The molecule has 0 saturated carbocycles. The standard InChI is InChI=1S/C17H16ClNO3/c1-21-14-8-12(9-15(10-14)22-2)17(20)19-6-5-11-7-13(18)3-4-16(11)19/h3-4,7-10H,5-6H2,1-2H3. The number of methoxy groups -OCH3 is 2. The van der Waals surface area contributed by atoms with Gasteiger partial charge in [-0.2, -0.15) is 0 Å². The van der Waals surface area contributed by atoms with Crippen molar-refractivity contribution in [3.05, 3.63) is 52.5 Å². The molecule has 0 fully saturated rings. The highest BCUT2D eigenvalue weighted by Gasteiger charge is 2.26. The van der Waals surface area contributed by atoms with Gasteiger partial charge in [0.15, 0.2) is 0 Å². The summed E-state index contributed by atoms with van der Waals surface area (Å²) in [5.41, 5.74) is 2.55. The summed E-state index contributed by atoms with van der Waals surface area (Å²) in [7, 11) is 3.13. The van der Waals surface area contributed by atoms with Crippen LogP contribution in [-0.2, 0) is 6.42 Å². The van der Waals surface area contributed by atoms with Crippen molar-refractivity contribution in [2.75, 3.05) is 25.7 Å². The summed E-state index contributed by atoms with van der Waals surface area (Å²) in [6.45, 7) is 0.647. The molecule has 3 rings (SSSR count). The number of nitrogens with zero attached hydrogens (tertiary/aromatic N) is 1. The average molecular weight is 318 g/mol. The highest BCUT2D eigenvalue weighted by molar-refractivity contribution is 6.30. The van der Waals surface area contributed by atoms with Gasteiger partial charge in [0.2, 0.25) is 0 Å². The minimum Gasteiger partial charge on any atom is -0.497 e. The molecule has 4 nitrogen and oxygen atoms in total. The van der Waals surface area contributed by atoms with Crippen LogP contribution in [0.25, 0.3) is 0 Å². The fourth-order valence-electron chi connectivity index (χ4n) is 2.67. The zero-order valence-electron chi connectivity index (χ0n) is 12.4. The maximum atomic E-state index is 12.8. The highest BCUT2D eigenvalue weighted by Crippen LogP contribution is 2.32. The van der Waals surface area contributed by atoms with E-state index < -0.39 is 0 Å². The zero-order valence-corrected chi connectivity index (χ0v) is 13.2. The number of rotatable bonds is 3. The van der Waals surface area contributed by atoms with Crippen molar-refractivity contribution >= 4 is 23.2 Å². The third-order valence-electron chi connectivity index (χ3n) is 3.78. The van der Waals surface area contributed by atoms with E-state index in [1.165, 1.54) is 0 Å². The summed E-state index contributed by atoms with van der Waals surface area (Å²) in [6.07, 6.45) is 0.808. The number of carbonyl (C=O) groups is 1. The first-order valence-electron chi connectivity index (χ1n) is 6.95. The van der Waals surface area contributed by atoms with Crippen LogP contribution in [0.4, 0.5) is 5.69 Å². The van der Waals surface area contributed by atoms with Crippen molar-refractivity contribution in [3.8, 4) is 11.5 Å². The Hall–Kier alpha value is -2.20. The largest absolute Gasteiger partial charge is 0.497 e. The third-order valence-corrected chi connectivity index (χ3v) is 4.02. The molecule has 114 valence electrons. The lowest BCUT2D eigenvalue weighted by molar-refractivity contribution is 0.0988. The van der Waals surface area contributed by atoms with Crippen molar-refractivity contribution in [3.63, 3.8) is 0 Å². The molecule has 1 aliphatic rings. The summed E-state index contributed by atoms with van der Waals surface area (Å²) < 4.78 is 10.5. The molecule has 0 N–H and O–H groups in total. The topological polar surface area (TPSA) is 38.8 Å². The van der Waals surface area contributed by atoms with Gasteiger partial charge in [-0.1, -0.05) is 11.6 Å². The van der Waals surface area contributed by atoms with E-state index in [-0.39, 0.29) is 5.91 Å². The average Bonchev–Trinajstić information content (AvgIpc) is 2.96. The maximum absolute atomic E-state index is 12.8. The normalized spacial score (nSPS) is 13.0. The van der Waals surface area contributed by atoms with E-state index in [9.17, 15) is 4.79 Å². The number of carbonyl (C=O) groups excluding carboxylic acids is 1. The number of fused-ring (bicyclic) bond motifs is 1. The number of amides is 1. The molecule has 2 aromatic carbocycles. The molecule has 0 aliphatic carbocycles. The Balaban J connectivity index is 1.96. The molecular formula is C17H16ClNO3. The van der Waals surface area contributed by atoms with E-state index in [0.29, 0.717) is 28.6 Å². The smallest absolute Gasteiger partial charge is 0.258 e. The summed E-state index contributed by atoms with van der Waals surface area (Å²) in [4.78, 5) is 14.6. The lowest BCUT2D eigenvalue weighted by atomic mass is 10.1. The Morgan fingerprint density at radius 3 is 2.41 bits per heavy atom. The molecule has 0 bridgehead atoms. The predicted octanol–water partition coefficient (Wildman–Crippen LogP) is 3.56. The summed E-state index contributed by atoms with van der Waals surface area (Å²) in [5.74, 6) is 1.12. The van der Waals surface area contributed by atoms with Crippen molar-refractivity contribution in [1.82, 2.24) is 0 Å². The lowest BCUT2D eigenvalue weighted by Crippen LogP contribution is -2.28. The molecule has 0 unspecified atom stereocenters. The molecule has 0 spiro atoms. The fraction of sp³-hybridized carbons (Fsp3) is 0.235. The van der Waals surface area contributed by atoms with E-state index in [1.807, 2.05) is 12.1 Å². The molecule has 5 heteroatoms. The first kappa shape index (κ1) is 14.7. The lowest BCUT2D eigenvalue weighted by Gasteiger charge is -2.18. The van der Waals surface area contributed by atoms with Crippen LogP contribution in [0.3, 0.4) is 0 Å². The number of anilines is 1. The zero-order chi connectivity index (χ0) is 15.7. The van der Waals surface area contributed by atoms with Crippen molar-refractivity contribution in [2.24, 2.45) is 0 Å². The number of hydrogen-bond acceptors (Lipinski definition) is 3. The molecule has 0 saturated heterocycles. The Bertz CT molecular complexity index is 708. The maximum Gasteiger partial charge on any atom is 0.258 e. The van der Waals surface area contributed by atoms with Crippen LogP contribution in [0.15, 0.2) is 36.4 Å². The van der Waals surface area contributed by atoms with E-state index in [1.54, 1.807) is 43.4 Å². The van der Waals surface area contributed by atoms with Gasteiger partial charge in [0.05, 0.1) is 14.2 Å². The van der Waals surface area contributed by atoms with Gasteiger partial charge in [0.25, 0.3) is 5.91 Å². The molecule has 0 aromatic heterocycles. The van der Waals surface area contributed by atoms with Gasteiger partial charge >= 0.3 is 0 Å². The van der Waals surface area contributed by atoms with Crippen LogP contribution in [0.5, 0.6) is 11.5 Å². The fourth-order valence-corrected chi connectivity index (χ4v) is 2.86. The monoisotopic (exact) mass is 317 g/mol. The Kier molecular flexibility index (Phi) is 3.94. The Labute approximate surface area is 134 Å². The predicted molar refractivity (Wildman–Crippen MR) is 86.4 cm³/mol. The summed E-state index contributed by atoms with van der Waals surface area (Å²) in [5, 5.41) is 0.691. The van der Waals surface area contributed by atoms with E-state index in [0.717, 1.165) is 17.7 Å². The number of benzene rings is 2.